The molecule has 1 aromatic carbocycles. The molecule has 146 valence electrons. The van der Waals surface area contributed by atoms with Crippen LogP contribution in [0.5, 0.6) is 6.01 Å². The number of aromatic nitrogens is 3. The molecule has 1 aliphatic rings. The Morgan fingerprint density at radius 2 is 1.96 bits per heavy atom. The Labute approximate surface area is 154 Å². The van der Waals surface area contributed by atoms with E-state index in [2.05, 4.69) is 19.7 Å². The number of nitrogens with zero attached hydrogens (tertiary/aromatic N) is 4. The topological polar surface area (TPSA) is 107 Å². The van der Waals surface area contributed by atoms with E-state index in [-0.39, 0.29) is 18.4 Å². The van der Waals surface area contributed by atoms with Crippen molar-refractivity contribution in [2.75, 3.05) is 38.3 Å². The summed E-state index contributed by atoms with van der Waals surface area (Å²) in [6.45, 7) is 1.84. The van der Waals surface area contributed by atoms with Gasteiger partial charge in [0.2, 0.25) is 16.0 Å². The third kappa shape index (κ3) is 4.64. The maximum atomic E-state index is 13.8. The predicted molar refractivity (Wildman–Crippen MR) is 89.8 cm³/mol. The molecule has 0 saturated carbocycles. The Balaban J connectivity index is 1.80. The minimum absolute atomic E-state index is 0.0219. The molecular formula is C15H17F2N5O4S. The monoisotopic (exact) mass is 401 g/mol. The number of hydrogen-bond acceptors (Lipinski definition) is 8. The third-order valence-electron chi connectivity index (χ3n) is 3.73. The first kappa shape index (κ1) is 19.3. The molecule has 2 heterocycles. The lowest BCUT2D eigenvalue weighted by Crippen LogP contribution is -2.37. The summed E-state index contributed by atoms with van der Waals surface area (Å²) in [6, 6.07) is 2.23. The van der Waals surface area contributed by atoms with Crippen LogP contribution in [0.15, 0.2) is 23.1 Å². The van der Waals surface area contributed by atoms with E-state index in [9.17, 15) is 17.2 Å². The van der Waals surface area contributed by atoms with Crippen molar-refractivity contribution in [2.45, 2.75) is 11.4 Å². The molecule has 2 aromatic rings. The molecule has 0 radical (unpaired) electrons. The van der Waals surface area contributed by atoms with Crippen LogP contribution < -0.4 is 14.4 Å². The molecule has 1 N–H and O–H groups in total. The third-order valence-corrected chi connectivity index (χ3v) is 5.16. The molecule has 1 saturated heterocycles. The second-order valence-electron chi connectivity index (χ2n) is 5.54. The summed E-state index contributed by atoms with van der Waals surface area (Å²) in [5.74, 6) is -1.64. The van der Waals surface area contributed by atoms with Gasteiger partial charge in [0.05, 0.1) is 26.9 Å². The average molecular weight is 401 g/mol. The van der Waals surface area contributed by atoms with Crippen molar-refractivity contribution in [3.8, 4) is 6.01 Å². The molecule has 1 aliphatic heterocycles. The summed E-state index contributed by atoms with van der Waals surface area (Å²) in [5, 5.41) is 0. The lowest BCUT2D eigenvalue weighted by Gasteiger charge is -2.26. The van der Waals surface area contributed by atoms with Crippen LogP contribution in [0.25, 0.3) is 0 Å². The number of benzene rings is 1. The number of methoxy groups -OCH3 is 1. The minimum Gasteiger partial charge on any atom is -0.467 e. The van der Waals surface area contributed by atoms with Gasteiger partial charge in [-0.2, -0.15) is 15.0 Å². The molecular weight excluding hydrogens is 384 g/mol. The molecule has 0 aliphatic carbocycles. The summed E-state index contributed by atoms with van der Waals surface area (Å²) in [4.78, 5) is 13.6. The smallest absolute Gasteiger partial charge is 0.321 e. The van der Waals surface area contributed by atoms with Crippen molar-refractivity contribution >= 4 is 16.0 Å². The Morgan fingerprint density at radius 3 is 2.63 bits per heavy atom. The predicted octanol–water partition coefficient (Wildman–Crippen LogP) is 0.473. The normalized spacial score (nSPS) is 15.0. The van der Waals surface area contributed by atoms with Gasteiger partial charge in [0, 0.05) is 19.2 Å². The van der Waals surface area contributed by atoms with Crippen molar-refractivity contribution < 1.29 is 26.7 Å². The lowest BCUT2D eigenvalue weighted by atomic mass is 10.3. The Morgan fingerprint density at radius 1 is 1.22 bits per heavy atom. The number of morpholine rings is 1. The molecule has 9 nitrogen and oxygen atoms in total. The van der Waals surface area contributed by atoms with Crippen LogP contribution in [0.3, 0.4) is 0 Å². The fourth-order valence-corrected chi connectivity index (χ4v) is 3.43. The maximum absolute atomic E-state index is 13.8. The van der Waals surface area contributed by atoms with Crippen molar-refractivity contribution in [3.63, 3.8) is 0 Å². The van der Waals surface area contributed by atoms with Crippen LogP contribution in [-0.4, -0.2) is 56.8 Å². The van der Waals surface area contributed by atoms with Gasteiger partial charge in [0.1, 0.15) is 16.5 Å². The van der Waals surface area contributed by atoms with E-state index in [0.29, 0.717) is 38.3 Å². The summed E-state index contributed by atoms with van der Waals surface area (Å²) < 4.78 is 63.8. The lowest BCUT2D eigenvalue weighted by molar-refractivity contribution is 0.122. The highest BCUT2D eigenvalue weighted by Gasteiger charge is 2.21. The van der Waals surface area contributed by atoms with Crippen molar-refractivity contribution in [1.29, 1.82) is 0 Å². The van der Waals surface area contributed by atoms with E-state index in [0.717, 1.165) is 12.1 Å². The zero-order valence-corrected chi connectivity index (χ0v) is 15.2. The van der Waals surface area contributed by atoms with Crippen molar-refractivity contribution in [2.24, 2.45) is 0 Å². The molecule has 0 atom stereocenters. The fraction of sp³-hybridized carbons (Fsp3) is 0.400. The number of anilines is 1. The number of ether oxygens (including phenoxy) is 2. The molecule has 0 unspecified atom stereocenters. The molecule has 27 heavy (non-hydrogen) atoms. The van der Waals surface area contributed by atoms with Gasteiger partial charge in [0.15, 0.2) is 5.82 Å². The van der Waals surface area contributed by atoms with E-state index in [1.165, 1.54) is 7.11 Å². The maximum Gasteiger partial charge on any atom is 0.321 e. The highest BCUT2D eigenvalue weighted by atomic mass is 32.2. The zero-order chi connectivity index (χ0) is 19.4. The molecule has 3 rings (SSSR count). The number of rotatable bonds is 6. The van der Waals surface area contributed by atoms with Gasteiger partial charge in [-0.15, -0.1) is 0 Å². The Hall–Kier alpha value is -2.44. The Kier molecular flexibility index (Phi) is 5.77. The summed E-state index contributed by atoms with van der Waals surface area (Å²) in [6.07, 6.45) is 0. The van der Waals surface area contributed by atoms with Crippen LogP contribution in [0.2, 0.25) is 0 Å². The largest absolute Gasteiger partial charge is 0.467 e. The summed E-state index contributed by atoms with van der Waals surface area (Å²) in [5.41, 5.74) is 0. The quantitative estimate of drug-likeness (QED) is 0.745. The molecule has 0 amide bonds. The van der Waals surface area contributed by atoms with Crippen LogP contribution in [-0.2, 0) is 21.3 Å². The van der Waals surface area contributed by atoms with E-state index < -0.39 is 26.6 Å². The second kappa shape index (κ2) is 8.06. The van der Waals surface area contributed by atoms with Gasteiger partial charge in [-0.05, 0) is 12.1 Å². The van der Waals surface area contributed by atoms with Gasteiger partial charge in [-0.1, -0.05) is 0 Å². The van der Waals surface area contributed by atoms with E-state index in [4.69, 9.17) is 9.47 Å². The van der Waals surface area contributed by atoms with Gasteiger partial charge in [0.25, 0.3) is 0 Å². The highest BCUT2D eigenvalue weighted by Crippen LogP contribution is 2.17. The van der Waals surface area contributed by atoms with Gasteiger partial charge in [-0.3, -0.25) is 0 Å². The summed E-state index contributed by atoms with van der Waals surface area (Å²) >= 11 is 0. The molecule has 1 fully saturated rings. The molecule has 12 heteroatoms. The van der Waals surface area contributed by atoms with Gasteiger partial charge >= 0.3 is 6.01 Å². The van der Waals surface area contributed by atoms with Crippen LogP contribution in [0.4, 0.5) is 14.7 Å². The first-order valence-corrected chi connectivity index (χ1v) is 9.44. The number of nitrogens with one attached hydrogen (secondary N) is 1. The van der Waals surface area contributed by atoms with Crippen molar-refractivity contribution in [1.82, 2.24) is 19.7 Å². The van der Waals surface area contributed by atoms with E-state index >= 15 is 0 Å². The SMILES string of the molecule is COc1nc(CNS(=O)(=O)c2ccc(F)cc2F)nc(N2CCOCC2)n1. The highest BCUT2D eigenvalue weighted by molar-refractivity contribution is 7.89. The summed E-state index contributed by atoms with van der Waals surface area (Å²) in [7, 11) is -2.85. The minimum atomic E-state index is -4.23. The first-order chi connectivity index (χ1) is 12.9. The first-order valence-electron chi connectivity index (χ1n) is 7.95. The molecule has 0 spiro atoms. The Bertz CT molecular complexity index is 922. The van der Waals surface area contributed by atoms with Crippen molar-refractivity contribution in [3.05, 3.63) is 35.7 Å². The van der Waals surface area contributed by atoms with E-state index in [1.807, 2.05) is 4.90 Å². The zero-order valence-electron chi connectivity index (χ0n) is 14.4. The average Bonchev–Trinajstić information content (AvgIpc) is 2.66. The number of halogens is 2. The molecule has 1 aromatic heterocycles. The standard InChI is InChI=1S/C15H17F2N5O4S/c1-25-15-20-13(19-14(21-15)22-4-6-26-7-5-22)9-18-27(23,24)12-3-2-10(16)8-11(12)17/h2-3,8,18H,4-7,9H2,1H3. The van der Waals surface area contributed by atoms with Crippen LogP contribution in [0, 0.1) is 11.6 Å². The molecule has 0 bridgehead atoms. The number of hydrogen-bond donors (Lipinski definition) is 1. The van der Waals surface area contributed by atoms with E-state index in [1.54, 1.807) is 0 Å². The van der Waals surface area contributed by atoms with Gasteiger partial charge < -0.3 is 14.4 Å². The van der Waals surface area contributed by atoms with Crippen LogP contribution >= 0.6 is 0 Å². The second-order valence-corrected chi connectivity index (χ2v) is 7.27. The van der Waals surface area contributed by atoms with Gasteiger partial charge in [-0.25, -0.2) is 21.9 Å². The fourth-order valence-electron chi connectivity index (χ4n) is 2.39. The number of sulfonamides is 1. The van der Waals surface area contributed by atoms with Crippen LogP contribution in [0.1, 0.15) is 5.82 Å².